The molecule has 0 saturated heterocycles. The molecule has 9 nitrogen and oxygen atoms in total. The van der Waals surface area contributed by atoms with Crippen molar-refractivity contribution in [1.82, 2.24) is 0 Å². The number of ether oxygens (including phenoxy) is 2. The fourth-order valence-electron chi connectivity index (χ4n) is 8.04. The number of carbonyl (C=O) groups is 2. The molecule has 3 N–H and O–H groups in total. The summed E-state index contributed by atoms with van der Waals surface area (Å²) < 4.78 is 32.9. The molecule has 10 heteroatoms. The summed E-state index contributed by atoms with van der Waals surface area (Å²) in [6.45, 7) is 3.62. The van der Waals surface area contributed by atoms with Gasteiger partial charge >= 0.3 is 19.8 Å². The van der Waals surface area contributed by atoms with E-state index >= 15 is 0 Å². The molecule has 0 aromatic heterocycles. The van der Waals surface area contributed by atoms with Gasteiger partial charge in [-0.05, 0) is 83.5 Å². The molecular weight excluding hydrogens is 942 g/mol. The van der Waals surface area contributed by atoms with Crippen LogP contribution in [0.5, 0.6) is 0 Å². The molecular formula is C64H110NO8P. The number of carbonyl (C=O) groups excluding carboxylic acids is 2. The molecule has 424 valence electrons. The summed E-state index contributed by atoms with van der Waals surface area (Å²) in [6, 6.07) is 0. The maximum atomic E-state index is 12.7. The van der Waals surface area contributed by atoms with E-state index in [-0.39, 0.29) is 38.6 Å². The minimum Gasteiger partial charge on any atom is -0.462 e. The second-order valence-corrected chi connectivity index (χ2v) is 20.9. The molecule has 0 fully saturated rings. The predicted molar refractivity (Wildman–Crippen MR) is 316 cm³/mol. The highest BCUT2D eigenvalue weighted by Gasteiger charge is 2.26. The second-order valence-electron chi connectivity index (χ2n) is 19.5. The molecule has 0 rings (SSSR count). The van der Waals surface area contributed by atoms with Crippen molar-refractivity contribution < 1.29 is 37.6 Å². The lowest BCUT2D eigenvalue weighted by molar-refractivity contribution is -0.161. The third kappa shape index (κ3) is 57.9. The highest BCUT2D eigenvalue weighted by Crippen LogP contribution is 2.43. The maximum Gasteiger partial charge on any atom is 0.472 e. The summed E-state index contributed by atoms with van der Waals surface area (Å²) in [5.41, 5.74) is 5.37. The van der Waals surface area contributed by atoms with Gasteiger partial charge in [-0.1, -0.05) is 264 Å². The highest BCUT2D eigenvalue weighted by molar-refractivity contribution is 7.47. The summed E-state index contributed by atoms with van der Waals surface area (Å²) in [7, 11) is -4.39. The molecule has 0 aliphatic rings. The molecule has 0 amide bonds. The highest BCUT2D eigenvalue weighted by atomic mass is 31.2. The van der Waals surface area contributed by atoms with Crippen molar-refractivity contribution in [3.8, 4) is 0 Å². The van der Waals surface area contributed by atoms with Crippen LogP contribution >= 0.6 is 7.82 Å². The van der Waals surface area contributed by atoms with Gasteiger partial charge in [0.25, 0.3) is 0 Å². The number of rotatable bonds is 55. The smallest absolute Gasteiger partial charge is 0.462 e. The molecule has 0 aliphatic carbocycles. The topological polar surface area (TPSA) is 134 Å². The van der Waals surface area contributed by atoms with Gasteiger partial charge in [0.2, 0.25) is 0 Å². The van der Waals surface area contributed by atoms with Gasteiger partial charge in [0.15, 0.2) is 6.10 Å². The Balaban J connectivity index is 3.87. The molecule has 0 saturated carbocycles. The molecule has 0 spiro atoms. The Kier molecular flexibility index (Phi) is 56.3. The number of hydrogen-bond acceptors (Lipinski definition) is 8. The second kappa shape index (κ2) is 58.9. The summed E-state index contributed by atoms with van der Waals surface area (Å²) in [4.78, 5) is 35.1. The molecule has 2 atom stereocenters. The number of phosphoric acid groups is 1. The number of hydrogen-bond donors (Lipinski definition) is 2. The molecule has 0 aromatic carbocycles. The fourth-order valence-corrected chi connectivity index (χ4v) is 8.81. The first-order chi connectivity index (χ1) is 36.3. The van der Waals surface area contributed by atoms with Crippen LogP contribution in [-0.4, -0.2) is 49.3 Å². The largest absolute Gasteiger partial charge is 0.472 e. The average molecular weight is 1050 g/mol. The Morgan fingerprint density at radius 2 is 0.743 bits per heavy atom. The molecule has 0 bridgehead atoms. The van der Waals surface area contributed by atoms with Crippen LogP contribution in [0.25, 0.3) is 0 Å². The van der Waals surface area contributed by atoms with Crippen LogP contribution in [0.2, 0.25) is 0 Å². The van der Waals surface area contributed by atoms with Crippen LogP contribution < -0.4 is 5.73 Å². The van der Waals surface area contributed by atoms with Crippen LogP contribution in [0.15, 0.2) is 109 Å². The zero-order valence-electron chi connectivity index (χ0n) is 47.3. The molecule has 0 aromatic rings. The SMILES string of the molecule is CC/C=C\C/C=C\C/C=C\C/C=C\C/C=C\C/C=C\C/C=C\C/C=C\C/C=C\CCCCCCCCCCCCCCCC(=O)OC(COC(=O)CCCCCCCCCCCCCC)COP(=O)(O)OCCN. The van der Waals surface area contributed by atoms with E-state index in [2.05, 4.69) is 123 Å². The Bertz CT molecular complexity index is 1580. The van der Waals surface area contributed by atoms with E-state index in [1.165, 1.54) is 122 Å². The van der Waals surface area contributed by atoms with E-state index in [1.807, 2.05) is 0 Å². The van der Waals surface area contributed by atoms with E-state index in [9.17, 15) is 19.0 Å². The number of unbranched alkanes of at least 4 members (excludes halogenated alkanes) is 24. The standard InChI is InChI=1S/C64H110NO8P/c1-3-5-7-9-11-13-15-17-18-19-20-21-22-23-24-25-26-27-28-29-30-31-32-33-34-35-36-37-38-39-40-41-42-43-44-45-47-49-51-53-55-57-64(67)73-62(61-72-74(68,69)71-59-58-65)60-70-63(66)56-54-52-50-48-46-16-14-12-10-8-6-4-2/h5,7,11,13,17-18,20-21,23-24,26-27,29-30,32-33,35-36,62H,3-4,6,8-10,12,14-16,19,22,25,28,31,34,37-61,65H2,1-2H3,(H,68,69)/b7-5-,13-11-,18-17-,21-20-,24-23-,27-26-,30-29-,33-32-,36-35-. The minimum atomic E-state index is -4.39. The normalized spacial score (nSPS) is 13.8. The van der Waals surface area contributed by atoms with Gasteiger partial charge in [-0.3, -0.25) is 18.6 Å². The van der Waals surface area contributed by atoms with Gasteiger partial charge in [-0.25, -0.2) is 4.57 Å². The van der Waals surface area contributed by atoms with Crippen LogP contribution in [-0.2, 0) is 32.7 Å². The van der Waals surface area contributed by atoms with Gasteiger partial charge in [0.1, 0.15) is 6.61 Å². The van der Waals surface area contributed by atoms with E-state index in [4.69, 9.17) is 24.3 Å². The predicted octanol–water partition coefficient (Wildman–Crippen LogP) is 19.0. The maximum absolute atomic E-state index is 12.7. The lowest BCUT2D eigenvalue weighted by Gasteiger charge is -2.19. The van der Waals surface area contributed by atoms with Crippen LogP contribution in [0, 0.1) is 0 Å². The number of phosphoric ester groups is 1. The third-order valence-electron chi connectivity index (χ3n) is 12.4. The molecule has 0 radical (unpaired) electrons. The van der Waals surface area contributed by atoms with Gasteiger partial charge in [0.05, 0.1) is 13.2 Å². The number of esters is 2. The average Bonchev–Trinajstić information content (AvgIpc) is 3.39. The lowest BCUT2D eigenvalue weighted by atomic mass is 10.0. The summed E-state index contributed by atoms with van der Waals surface area (Å²) >= 11 is 0. The molecule has 0 heterocycles. The van der Waals surface area contributed by atoms with Crippen LogP contribution in [0.1, 0.15) is 251 Å². The van der Waals surface area contributed by atoms with Gasteiger partial charge in [0, 0.05) is 19.4 Å². The van der Waals surface area contributed by atoms with Gasteiger partial charge < -0.3 is 20.1 Å². The summed E-state index contributed by atoms with van der Waals surface area (Å²) in [5, 5.41) is 0. The Labute approximate surface area is 454 Å². The third-order valence-corrected chi connectivity index (χ3v) is 13.4. The van der Waals surface area contributed by atoms with E-state index in [1.54, 1.807) is 0 Å². The van der Waals surface area contributed by atoms with E-state index in [0.717, 1.165) is 96.3 Å². The van der Waals surface area contributed by atoms with Crippen molar-refractivity contribution in [3.05, 3.63) is 109 Å². The van der Waals surface area contributed by atoms with Crippen molar-refractivity contribution in [3.63, 3.8) is 0 Å². The zero-order valence-corrected chi connectivity index (χ0v) is 48.2. The van der Waals surface area contributed by atoms with Crippen molar-refractivity contribution in [1.29, 1.82) is 0 Å². The fraction of sp³-hybridized carbons (Fsp3) is 0.688. The van der Waals surface area contributed by atoms with Crippen LogP contribution in [0.3, 0.4) is 0 Å². The summed E-state index contributed by atoms with van der Waals surface area (Å²) in [6.07, 6.45) is 80.2. The zero-order chi connectivity index (χ0) is 53.8. The van der Waals surface area contributed by atoms with Gasteiger partial charge in [-0.15, -0.1) is 0 Å². The van der Waals surface area contributed by atoms with Crippen molar-refractivity contribution in [2.75, 3.05) is 26.4 Å². The first-order valence-electron chi connectivity index (χ1n) is 29.9. The number of nitrogens with two attached hydrogens (primary N) is 1. The minimum absolute atomic E-state index is 0.0511. The first kappa shape index (κ1) is 70.7. The van der Waals surface area contributed by atoms with Crippen LogP contribution in [0.4, 0.5) is 0 Å². The van der Waals surface area contributed by atoms with E-state index < -0.39 is 26.5 Å². The monoisotopic (exact) mass is 1050 g/mol. The Morgan fingerprint density at radius 3 is 1.11 bits per heavy atom. The number of allylic oxidation sites excluding steroid dienone is 18. The first-order valence-corrected chi connectivity index (χ1v) is 31.4. The lowest BCUT2D eigenvalue weighted by Crippen LogP contribution is -2.29. The van der Waals surface area contributed by atoms with E-state index in [0.29, 0.717) is 6.42 Å². The molecule has 74 heavy (non-hydrogen) atoms. The van der Waals surface area contributed by atoms with Crippen molar-refractivity contribution >= 4 is 19.8 Å². The Morgan fingerprint density at radius 1 is 0.419 bits per heavy atom. The van der Waals surface area contributed by atoms with Crippen molar-refractivity contribution in [2.45, 2.75) is 258 Å². The molecule has 2 unspecified atom stereocenters. The quantitative estimate of drug-likeness (QED) is 0.0264. The Hall–Kier alpha value is -3.33. The molecule has 0 aliphatic heterocycles. The summed E-state index contributed by atoms with van der Waals surface area (Å²) in [5.74, 6) is -0.828. The van der Waals surface area contributed by atoms with Gasteiger partial charge in [-0.2, -0.15) is 0 Å². The van der Waals surface area contributed by atoms with Crippen molar-refractivity contribution in [2.24, 2.45) is 5.73 Å².